The van der Waals surface area contributed by atoms with Crippen LogP contribution >= 0.6 is 0 Å². The van der Waals surface area contributed by atoms with E-state index < -0.39 is 5.97 Å². The van der Waals surface area contributed by atoms with E-state index in [-0.39, 0.29) is 48.5 Å². The summed E-state index contributed by atoms with van der Waals surface area (Å²) in [5.74, 6) is -0.286. The number of nitrogens with zero attached hydrogens (tertiary/aromatic N) is 1. The minimum absolute atomic E-state index is 0.00646. The predicted octanol–water partition coefficient (Wildman–Crippen LogP) is 2.94. The molecule has 1 saturated heterocycles. The molecule has 1 aliphatic heterocycles. The average Bonchev–Trinajstić information content (AvgIpc) is 3.35. The van der Waals surface area contributed by atoms with Gasteiger partial charge in [-0.2, -0.15) is 0 Å². The Morgan fingerprint density at radius 1 is 0.963 bits per heavy atom. The molecule has 136 valence electrons. The third-order valence-electron chi connectivity index (χ3n) is 6.05. The number of rotatable bonds is 4. The van der Waals surface area contributed by atoms with Crippen LogP contribution in [0.4, 0.5) is 0 Å². The Kier molecular flexibility index (Phi) is 3.64. The van der Waals surface area contributed by atoms with Gasteiger partial charge in [0.2, 0.25) is 11.8 Å². The fourth-order valence-corrected chi connectivity index (χ4v) is 4.80. The first-order chi connectivity index (χ1) is 13.1. The van der Waals surface area contributed by atoms with Gasteiger partial charge in [0, 0.05) is 6.54 Å². The lowest BCUT2D eigenvalue weighted by molar-refractivity contribution is -0.142. The van der Waals surface area contributed by atoms with Crippen LogP contribution in [0.3, 0.4) is 0 Å². The van der Waals surface area contributed by atoms with Gasteiger partial charge in [0.15, 0.2) is 0 Å². The molecule has 0 spiro atoms. The van der Waals surface area contributed by atoms with Gasteiger partial charge >= 0.3 is 5.97 Å². The summed E-state index contributed by atoms with van der Waals surface area (Å²) in [5.41, 5.74) is 0. The molecule has 2 amide bonds. The van der Waals surface area contributed by atoms with Crippen molar-refractivity contribution in [2.24, 2.45) is 23.7 Å². The van der Waals surface area contributed by atoms with Crippen LogP contribution < -0.4 is 4.74 Å². The molecule has 5 nitrogen and oxygen atoms in total. The molecule has 2 aromatic rings. The van der Waals surface area contributed by atoms with Crippen LogP contribution in [-0.4, -0.2) is 29.2 Å². The van der Waals surface area contributed by atoms with E-state index in [9.17, 15) is 14.4 Å². The molecule has 2 bridgehead atoms. The van der Waals surface area contributed by atoms with Gasteiger partial charge in [-0.3, -0.25) is 19.3 Å². The summed E-state index contributed by atoms with van der Waals surface area (Å²) in [4.78, 5) is 38.7. The Morgan fingerprint density at radius 2 is 1.63 bits per heavy atom. The van der Waals surface area contributed by atoms with Crippen molar-refractivity contribution in [2.75, 3.05) is 6.54 Å². The van der Waals surface area contributed by atoms with Crippen LogP contribution in [0.15, 0.2) is 54.6 Å². The van der Waals surface area contributed by atoms with Crippen molar-refractivity contribution in [1.29, 1.82) is 0 Å². The number of hydrogen-bond donors (Lipinski definition) is 0. The maximum atomic E-state index is 12.6. The lowest BCUT2D eigenvalue weighted by atomic mass is 9.85. The first-order valence-corrected chi connectivity index (χ1v) is 9.35. The zero-order chi connectivity index (χ0) is 18.5. The zero-order valence-electron chi connectivity index (χ0n) is 14.7. The average molecular weight is 361 g/mol. The Hall–Kier alpha value is -2.95. The van der Waals surface area contributed by atoms with Gasteiger partial charge in [0.05, 0.1) is 18.3 Å². The number of allylic oxidation sites excluding steroid dienone is 2. The van der Waals surface area contributed by atoms with Gasteiger partial charge in [-0.1, -0.05) is 42.5 Å². The first-order valence-electron chi connectivity index (χ1n) is 9.35. The number of benzene rings is 2. The largest absolute Gasteiger partial charge is 0.426 e. The molecule has 0 aromatic heterocycles. The zero-order valence-corrected chi connectivity index (χ0v) is 14.7. The van der Waals surface area contributed by atoms with E-state index in [4.69, 9.17) is 4.74 Å². The summed E-state index contributed by atoms with van der Waals surface area (Å²) in [7, 11) is 0. The topological polar surface area (TPSA) is 63.7 Å². The van der Waals surface area contributed by atoms with Gasteiger partial charge in [0.1, 0.15) is 5.75 Å². The van der Waals surface area contributed by atoms with E-state index >= 15 is 0 Å². The summed E-state index contributed by atoms with van der Waals surface area (Å²) < 4.78 is 5.40. The van der Waals surface area contributed by atoms with Crippen LogP contribution in [0, 0.1) is 23.7 Å². The first kappa shape index (κ1) is 16.2. The number of hydrogen-bond acceptors (Lipinski definition) is 4. The van der Waals surface area contributed by atoms with E-state index in [0.717, 1.165) is 17.2 Å². The van der Waals surface area contributed by atoms with Crippen molar-refractivity contribution in [2.45, 2.75) is 12.8 Å². The molecule has 3 aliphatic rings. The van der Waals surface area contributed by atoms with Gasteiger partial charge < -0.3 is 4.74 Å². The maximum Gasteiger partial charge on any atom is 0.312 e. The van der Waals surface area contributed by atoms with Gasteiger partial charge in [0.25, 0.3) is 0 Å². The van der Waals surface area contributed by atoms with E-state index in [2.05, 4.69) is 12.2 Å². The minimum atomic E-state index is -0.441. The summed E-state index contributed by atoms with van der Waals surface area (Å²) in [6, 6.07) is 13.3. The van der Waals surface area contributed by atoms with Gasteiger partial charge in [-0.15, -0.1) is 0 Å². The van der Waals surface area contributed by atoms with Crippen molar-refractivity contribution < 1.29 is 19.1 Å². The third kappa shape index (κ3) is 2.57. The number of amides is 2. The van der Waals surface area contributed by atoms with Crippen LogP contribution in [0.2, 0.25) is 0 Å². The molecular formula is C22H19NO4. The van der Waals surface area contributed by atoms with E-state index in [1.807, 2.05) is 36.4 Å². The van der Waals surface area contributed by atoms with Crippen molar-refractivity contribution in [3.05, 3.63) is 54.6 Å². The van der Waals surface area contributed by atoms with E-state index in [0.29, 0.717) is 5.75 Å². The Morgan fingerprint density at radius 3 is 2.33 bits per heavy atom. The molecule has 5 heteroatoms. The highest BCUT2D eigenvalue weighted by Crippen LogP contribution is 2.52. The molecule has 2 aliphatic carbocycles. The quantitative estimate of drug-likeness (QED) is 0.364. The normalized spacial score (nSPS) is 28.2. The number of imide groups is 1. The highest BCUT2D eigenvalue weighted by Gasteiger charge is 2.59. The van der Waals surface area contributed by atoms with Crippen LogP contribution in [0.25, 0.3) is 10.8 Å². The van der Waals surface area contributed by atoms with E-state index in [1.165, 1.54) is 4.90 Å². The fraction of sp³-hybridized carbons (Fsp3) is 0.318. The van der Waals surface area contributed by atoms with Gasteiger partial charge in [-0.05, 0) is 41.2 Å². The molecule has 27 heavy (non-hydrogen) atoms. The number of likely N-dealkylation sites (tertiary alicyclic amines) is 1. The number of carbonyl (C=O) groups excluding carboxylic acids is 3. The smallest absolute Gasteiger partial charge is 0.312 e. The van der Waals surface area contributed by atoms with Gasteiger partial charge in [-0.25, -0.2) is 0 Å². The minimum Gasteiger partial charge on any atom is -0.426 e. The Balaban J connectivity index is 1.23. The molecule has 2 aromatic carbocycles. The van der Waals surface area contributed by atoms with Crippen LogP contribution in [0.5, 0.6) is 5.75 Å². The summed E-state index contributed by atoms with van der Waals surface area (Å²) in [5, 5.41) is 2.06. The van der Waals surface area contributed by atoms with Crippen molar-refractivity contribution in [3.63, 3.8) is 0 Å². The molecule has 0 radical (unpaired) electrons. The molecule has 0 unspecified atom stereocenters. The molecule has 4 atom stereocenters. The molecule has 0 N–H and O–H groups in total. The number of esters is 1. The number of fused-ring (bicyclic) bond motifs is 6. The van der Waals surface area contributed by atoms with Crippen molar-refractivity contribution in [1.82, 2.24) is 4.90 Å². The molecule has 2 fully saturated rings. The lowest BCUT2D eigenvalue weighted by Gasteiger charge is -2.16. The number of carbonyl (C=O) groups is 3. The van der Waals surface area contributed by atoms with Crippen molar-refractivity contribution >= 4 is 28.6 Å². The second-order valence-electron chi connectivity index (χ2n) is 7.56. The third-order valence-corrected chi connectivity index (χ3v) is 6.05. The molecule has 5 rings (SSSR count). The molecule has 1 saturated carbocycles. The maximum absolute atomic E-state index is 12.6. The fourth-order valence-electron chi connectivity index (χ4n) is 4.80. The number of ether oxygens (including phenoxy) is 1. The summed E-state index contributed by atoms with van der Waals surface area (Å²) in [6.07, 6.45) is 5.04. The highest BCUT2D eigenvalue weighted by atomic mass is 16.5. The SMILES string of the molecule is O=C(CCN1C(=O)[C@@H]2[C@H](C1=O)[C@H]1C=C[C@H]2C1)Oc1ccc2ccccc2c1. The van der Waals surface area contributed by atoms with E-state index in [1.54, 1.807) is 6.07 Å². The molecular weight excluding hydrogens is 342 g/mol. The van der Waals surface area contributed by atoms with Crippen molar-refractivity contribution in [3.8, 4) is 5.75 Å². The Labute approximate surface area is 156 Å². The summed E-state index contributed by atoms with van der Waals surface area (Å²) in [6.45, 7) is 0.0938. The standard InChI is InChI=1S/C22H19NO4/c24-18(27-17-8-7-13-3-1-2-4-14(13)12-17)9-10-23-21(25)19-15-5-6-16(11-15)20(19)22(23)26/h1-8,12,15-16,19-20H,9-11H2/t15-,16-,19-,20+/m0/s1. The summed E-state index contributed by atoms with van der Waals surface area (Å²) >= 11 is 0. The van der Waals surface area contributed by atoms with Crippen LogP contribution in [0.1, 0.15) is 12.8 Å². The predicted molar refractivity (Wildman–Crippen MR) is 98.6 cm³/mol. The van der Waals surface area contributed by atoms with Crippen LogP contribution in [-0.2, 0) is 14.4 Å². The second kappa shape index (κ2) is 6.05. The lowest BCUT2D eigenvalue weighted by Crippen LogP contribution is -2.35. The molecule has 1 heterocycles. The second-order valence-corrected chi connectivity index (χ2v) is 7.56. The highest BCUT2D eigenvalue weighted by molar-refractivity contribution is 6.06. The Bertz CT molecular complexity index is 965. The monoisotopic (exact) mass is 361 g/mol.